The van der Waals surface area contributed by atoms with Crippen LogP contribution in [0.25, 0.3) is 10.9 Å². The number of ether oxygens (including phenoxy) is 2. The van der Waals surface area contributed by atoms with Gasteiger partial charge < -0.3 is 18.9 Å². The Hall–Kier alpha value is -2.61. The second kappa shape index (κ2) is 12.2. The average molecular weight is 469 g/mol. The Morgan fingerprint density at radius 1 is 1.15 bits per heavy atom. The third-order valence-electron chi connectivity index (χ3n) is 6.24. The van der Waals surface area contributed by atoms with Crippen LogP contribution >= 0.6 is 0 Å². The lowest BCUT2D eigenvalue weighted by Crippen LogP contribution is -2.44. The molecule has 34 heavy (non-hydrogen) atoms. The molecule has 3 heterocycles. The summed E-state index contributed by atoms with van der Waals surface area (Å²) in [5, 5.41) is 0.983. The molecule has 0 unspecified atom stereocenters. The highest BCUT2D eigenvalue weighted by Crippen LogP contribution is 2.38. The van der Waals surface area contributed by atoms with Crippen LogP contribution in [0.5, 0.6) is 5.75 Å². The predicted molar refractivity (Wildman–Crippen MR) is 138 cm³/mol. The van der Waals surface area contributed by atoms with Crippen molar-refractivity contribution in [1.82, 2.24) is 19.3 Å². The average Bonchev–Trinajstić information content (AvgIpc) is 3.13. The molecule has 1 aromatic carbocycles. The lowest BCUT2D eigenvalue weighted by molar-refractivity contribution is 0.0524. The molecule has 1 fully saturated rings. The van der Waals surface area contributed by atoms with E-state index in [1.807, 2.05) is 33.9 Å². The van der Waals surface area contributed by atoms with Crippen LogP contribution in [0.1, 0.15) is 42.4 Å². The lowest BCUT2D eigenvalue weighted by atomic mass is 10.0. The van der Waals surface area contributed by atoms with E-state index in [4.69, 9.17) is 9.47 Å². The van der Waals surface area contributed by atoms with E-state index in [0.29, 0.717) is 18.9 Å². The highest BCUT2D eigenvalue weighted by Gasteiger charge is 2.30. The van der Waals surface area contributed by atoms with Gasteiger partial charge in [0.15, 0.2) is 0 Å². The minimum absolute atomic E-state index is 0.238. The number of benzene rings is 1. The van der Waals surface area contributed by atoms with Crippen LogP contribution in [0.4, 0.5) is 0 Å². The Kier molecular flexibility index (Phi) is 9.33. The van der Waals surface area contributed by atoms with Crippen LogP contribution in [-0.4, -0.2) is 78.8 Å². The highest BCUT2D eigenvalue weighted by atomic mass is 16.5. The first-order valence-electron chi connectivity index (χ1n) is 12.2. The topological polar surface area (TPSA) is 50.2 Å². The summed E-state index contributed by atoms with van der Waals surface area (Å²) < 4.78 is 13.8. The number of carbonyl (C=O) groups excluding carboxylic acids is 1. The van der Waals surface area contributed by atoms with Gasteiger partial charge in [0.1, 0.15) is 12.5 Å². The monoisotopic (exact) mass is 468 g/mol. The number of allylic oxidation sites excluding steroid dienone is 3. The Morgan fingerprint density at radius 2 is 1.85 bits per heavy atom. The fourth-order valence-electron chi connectivity index (χ4n) is 4.56. The Labute approximate surface area is 204 Å². The van der Waals surface area contributed by atoms with Gasteiger partial charge in [-0.2, -0.15) is 0 Å². The molecule has 2 aromatic rings. The molecule has 0 atom stereocenters. The molecule has 1 aromatic heterocycles. The summed E-state index contributed by atoms with van der Waals surface area (Å²) in [7, 11) is 4.20. The van der Waals surface area contributed by atoms with Gasteiger partial charge in [0, 0.05) is 62.5 Å². The molecule has 2 aliphatic heterocycles. The van der Waals surface area contributed by atoms with Crippen molar-refractivity contribution in [2.75, 3.05) is 53.6 Å². The zero-order valence-corrected chi connectivity index (χ0v) is 21.5. The molecule has 0 saturated carbocycles. The molecule has 0 N–H and O–H groups in total. The quantitative estimate of drug-likeness (QED) is 0.470. The molecule has 4 rings (SSSR count). The summed E-state index contributed by atoms with van der Waals surface area (Å²) in [5.41, 5.74) is 3.89. The zero-order valence-electron chi connectivity index (χ0n) is 21.5. The number of esters is 1. The summed E-state index contributed by atoms with van der Waals surface area (Å²) >= 11 is 0. The van der Waals surface area contributed by atoms with Crippen LogP contribution in [0.15, 0.2) is 36.9 Å². The van der Waals surface area contributed by atoms with Crippen molar-refractivity contribution in [3.63, 3.8) is 0 Å². The third-order valence-corrected chi connectivity index (χ3v) is 6.24. The Morgan fingerprint density at radius 3 is 2.50 bits per heavy atom. The van der Waals surface area contributed by atoms with Crippen LogP contribution < -0.4 is 4.74 Å². The summed E-state index contributed by atoms with van der Waals surface area (Å²) in [4.78, 5) is 20.2. The number of hydrogen-bond acceptors (Lipinski definition) is 6. The molecule has 1 saturated heterocycles. The minimum atomic E-state index is -0.238. The van der Waals surface area contributed by atoms with Gasteiger partial charge in [-0.05, 0) is 47.0 Å². The molecular weight excluding hydrogens is 428 g/mol. The molecule has 7 nitrogen and oxygen atoms in total. The predicted octanol–water partition coefficient (Wildman–Crippen LogP) is 4.12. The molecule has 0 aliphatic carbocycles. The summed E-state index contributed by atoms with van der Waals surface area (Å²) in [6.07, 6.45) is 5.95. The normalized spacial score (nSPS) is 17.2. The van der Waals surface area contributed by atoms with Crippen molar-refractivity contribution in [2.24, 2.45) is 0 Å². The third kappa shape index (κ3) is 5.71. The SMILES string of the molecule is C/C=C\Cn1c(CN2CCN(C)CC2)c(C(=O)OCC)c2c3c(ccc21)OCN(C)C3.C=CC. The van der Waals surface area contributed by atoms with Gasteiger partial charge in [-0.1, -0.05) is 18.2 Å². The van der Waals surface area contributed by atoms with Crippen LogP contribution in [-0.2, 0) is 24.4 Å². The largest absolute Gasteiger partial charge is 0.478 e. The second-order valence-electron chi connectivity index (χ2n) is 8.93. The van der Waals surface area contributed by atoms with Crippen LogP contribution in [0, 0.1) is 0 Å². The van der Waals surface area contributed by atoms with Gasteiger partial charge in [-0.3, -0.25) is 9.80 Å². The van der Waals surface area contributed by atoms with Crippen molar-refractivity contribution in [2.45, 2.75) is 40.4 Å². The fourth-order valence-corrected chi connectivity index (χ4v) is 4.56. The molecular formula is C27H40N4O3. The van der Waals surface area contributed by atoms with Crippen molar-refractivity contribution < 1.29 is 14.3 Å². The lowest BCUT2D eigenvalue weighted by Gasteiger charge is -2.32. The minimum Gasteiger partial charge on any atom is -0.478 e. The van der Waals surface area contributed by atoms with Gasteiger partial charge in [0.25, 0.3) is 0 Å². The fraction of sp³-hybridized carbons (Fsp3) is 0.519. The number of hydrogen-bond donors (Lipinski definition) is 0. The van der Waals surface area contributed by atoms with Gasteiger partial charge in [-0.25, -0.2) is 4.79 Å². The van der Waals surface area contributed by atoms with E-state index >= 15 is 0 Å². The van der Waals surface area contributed by atoms with Crippen molar-refractivity contribution in [1.29, 1.82) is 0 Å². The first-order valence-corrected chi connectivity index (χ1v) is 12.2. The highest BCUT2D eigenvalue weighted by molar-refractivity contribution is 6.08. The molecule has 0 amide bonds. The van der Waals surface area contributed by atoms with Gasteiger partial charge in [-0.15, -0.1) is 6.58 Å². The van der Waals surface area contributed by atoms with E-state index < -0.39 is 0 Å². The number of rotatable bonds is 6. The van der Waals surface area contributed by atoms with Gasteiger partial charge >= 0.3 is 5.97 Å². The molecule has 186 valence electrons. The maximum absolute atomic E-state index is 13.3. The molecule has 7 heteroatoms. The van der Waals surface area contributed by atoms with Crippen LogP contribution in [0.3, 0.4) is 0 Å². The Balaban J connectivity index is 0.00000103. The van der Waals surface area contributed by atoms with E-state index in [1.54, 1.807) is 6.08 Å². The number of likely N-dealkylation sites (N-methyl/N-ethyl adjacent to an activating group) is 1. The van der Waals surface area contributed by atoms with Crippen molar-refractivity contribution in [3.05, 3.63) is 53.8 Å². The number of aromatic nitrogens is 1. The number of carbonyl (C=O) groups is 1. The maximum Gasteiger partial charge on any atom is 0.340 e. The van der Waals surface area contributed by atoms with Crippen molar-refractivity contribution >= 4 is 16.9 Å². The molecule has 2 aliphatic rings. The first-order chi connectivity index (χ1) is 16.4. The van der Waals surface area contributed by atoms with Crippen LogP contribution in [0.2, 0.25) is 0 Å². The van der Waals surface area contributed by atoms with E-state index in [0.717, 1.165) is 73.7 Å². The van der Waals surface area contributed by atoms with Gasteiger partial charge in [0.05, 0.1) is 17.7 Å². The summed E-state index contributed by atoms with van der Waals surface area (Å²) in [5.74, 6) is 0.628. The first kappa shape index (κ1) is 26.0. The molecule has 0 spiro atoms. The number of fused-ring (bicyclic) bond motifs is 3. The van der Waals surface area contributed by atoms with Gasteiger partial charge in [0.2, 0.25) is 0 Å². The number of nitrogens with zero attached hydrogens (tertiary/aromatic N) is 4. The molecule has 0 bridgehead atoms. The number of piperazine rings is 1. The van der Waals surface area contributed by atoms with E-state index in [1.165, 1.54) is 0 Å². The summed E-state index contributed by atoms with van der Waals surface area (Å²) in [6.45, 7) is 16.3. The smallest absolute Gasteiger partial charge is 0.340 e. The molecule has 0 radical (unpaired) electrons. The zero-order chi connectivity index (χ0) is 24.7. The Bertz CT molecular complexity index is 1020. The summed E-state index contributed by atoms with van der Waals surface area (Å²) in [6, 6.07) is 4.14. The second-order valence-corrected chi connectivity index (χ2v) is 8.93. The maximum atomic E-state index is 13.3. The van der Waals surface area contributed by atoms with E-state index in [-0.39, 0.29) is 5.97 Å². The standard InChI is InChI=1S/C24H34N4O3.C3H6/c1-5-7-10-28-19-8-9-21-18(15-26(4)17-31-21)22(19)23(24(29)30-6-2)20(28)16-27-13-11-25(3)12-14-27;1-3-2/h5,7-9H,6,10-17H2,1-4H3;3H,1H2,2H3/b7-5-;. The van der Waals surface area contributed by atoms with Crippen molar-refractivity contribution in [3.8, 4) is 5.75 Å². The van der Waals surface area contributed by atoms with E-state index in [2.05, 4.69) is 51.1 Å². The van der Waals surface area contributed by atoms with E-state index in [9.17, 15) is 4.79 Å².